The first-order chi connectivity index (χ1) is 7.60. The number of ether oxygens (including phenoxy) is 2. The van der Waals surface area contributed by atoms with Crippen LogP contribution in [-0.2, 0) is 0 Å². The summed E-state index contributed by atoms with van der Waals surface area (Å²) in [5, 5.41) is 0. The van der Waals surface area contributed by atoms with Crippen molar-refractivity contribution < 1.29 is 14.3 Å². The van der Waals surface area contributed by atoms with E-state index in [9.17, 15) is 4.79 Å². The van der Waals surface area contributed by atoms with Gasteiger partial charge in [0.1, 0.15) is 11.5 Å². The molecular formula is C12H15BrO3. The first kappa shape index (κ1) is 13.0. The molecule has 0 bridgehead atoms. The van der Waals surface area contributed by atoms with Crippen LogP contribution in [0.15, 0.2) is 18.2 Å². The molecule has 0 radical (unpaired) electrons. The lowest BCUT2D eigenvalue weighted by Crippen LogP contribution is -2.11. The van der Waals surface area contributed by atoms with Crippen LogP contribution in [0.1, 0.15) is 24.2 Å². The molecule has 1 atom stereocenters. The minimum atomic E-state index is -0.223. The molecule has 0 aliphatic rings. The maximum atomic E-state index is 11.8. The van der Waals surface area contributed by atoms with E-state index < -0.39 is 0 Å². The summed E-state index contributed by atoms with van der Waals surface area (Å²) in [4.78, 5) is 11.6. The van der Waals surface area contributed by atoms with Crippen LogP contribution in [0, 0.1) is 0 Å². The Labute approximate surface area is 104 Å². The smallest absolute Gasteiger partial charge is 0.179 e. The van der Waals surface area contributed by atoms with Crippen molar-refractivity contribution in [3.63, 3.8) is 0 Å². The van der Waals surface area contributed by atoms with Gasteiger partial charge in [-0.25, -0.2) is 0 Å². The zero-order chi connectivity index (χ0) is 12.1. The van der Waals surface area contributed by atoms with E-state index in [1.54, 1.807) is 32.2 Å². The third-order valence-corrected chi connectivity index (χ3v) is 2.53. The molecule has 1 aromatic carbocycles. The normalized spacial score (nSPS) is 12.0. The number of alkyl halides is 1. The van der Waals surface area contributed by atoms with E-state index in [2.05, 4.69) is 15.9 Å². The Morgan fingerprint density at radius 2 is 2.19 bits per heavy atom. The van der Waals surface area contributed by atoms with E-state index in [0.717, 1.165) is 0 Å². The van der Waals surface area contributed by atoms with Gasteiger partial charge in [0.25, 0.3) is 0 Å². The van der Waals surface area contributed by atoms with Crippen LogP contribution in [0.3, 0.4) is 0 Å². The summed E-state index contributed by atoms with van der Waals surface area (Å²) in [5.41, 5.74) is 0.565. The summed E-state index contributed by atoms with van der Waals surface area (Å²) >= 11 is 3.25. The Balaban J connectivity index is 3.06. The number of rotatable bonds is 5. The van der Waals surface area contributed by atoms with Gasteiger partial charge in [-0.15, -0.1) is 0 Å². The van der Waals surface area contributed by atoms with Crippen molar-refractivity contribution in [1.82, 2.24) is 0 Å². The summed E-state index contributed by atoms with van der Waals surface area (Å²) in [6, 6.07) is 5.23. The molecule has 0 N–H and O–H groups in total. The van der Waals surface area contributed by atoms with Crippen molar-refractivity contribution in [2.24, 2.45) is 0 Å². The average molecular weight is 287 g/mol. The summed E-state index contributed by atoms with van der Waals surface area (Å²) < 4.78 is 10.5. The van der Waals surface area contributed by atoms with Gasteiger partial charge < -0.3 is 9.47 Å². The molecule has 0 heterocycles. The van der Waals surface area contributed by atoms with Gasteiger partial charge in [-0.3, -0.25) is 4.79 Å². The Kier molecular flexibility index (Phi) is 4.80. The molecule has 0 aromatic heterocycles. The first-order valence-corrected chi connectivity index (χ1v) is 6.00. The number of hydrogen-bond acceptors (Lipinski definition) is 3. The van der Waals surface area contributed by atoms with Gasteiger partial charge in [-0.1, -0.05) is 15.9 Å². The van der Waals surface area contributed by atoms with E-state index in [0.29, 0.717) is 23.7 Å². The molecule has 1 aromatic rings. The highest BCUT2D eigenvalue weighted by Gasteiger charge is 2.17. The molecular weight excluding hydrogens is 272 g/mol. The molecule has 1 unspecified atom stereocenters. The number of Topliss-reactive ketones (excluding diaryl/α,β-unsaturated/α-hetero) is 1. The highest BCUT2D eigenvalue weighted by Crippen LogP contribution is 2.26. The quantitative estimate of drug-likeness (QED) is 0.616. The molecule has 88 valence electrons. The molecule has 0 aliphatic carbocycles. The second-order valence-electron chi connectivity index (χ2n) is 3.28. The monoisotopic (exact) mass is 286 g/mol. The fourth-order valence-electron chi connectivity index (χ4n) is 1.35. The lowest BCUT2D eigenvalue weighted by molar-refractivity contribution is 0.0993. The molecule has 1 rings (SSSR count). The van der Waals surface area contributed by atoms with Crippen LogP contribution in [0.5, 0.6) is 11.5 Å². The second kappa shape index (κ2) is 5.89. The van der Waals surface area contributed by atoms with E-state index in [4.69, 9.17) is 9.47 Å². The zero-order valence-electron chi connectivity index (χ0n) is 9.62. The van der Waals surface area contributed by atoms with Crippen molar-refractivity contribution in [2.45, 2.75) is 18.7 Å². The fourth-order valence-corrected chi connectivity index (χ4v) is 1.59. The molecule has 16 heavy (non-hydrogen) atoms. The molecule has 0 saturated heterocycles. The van der Waals surface area contributed by atoms with Crippen LogP contribution in [-0.4, -0.2) is 24.3 Å². The van der Waals surface area contributed by atoms with Gasteiger partial charge in [0.15, 0.2) is 5.78 Å². The van der Waals surface area contributed by atoms with E-state index in [1.807, 2.05) is 6.92 Å². The maximum absolute atomic E-state index is 11.8. The Morgan fingerprint density at radius 1 is 1.50 bits per heavy atom. The van der Waals surface area contributed by atoms with E-state index >= 15 is 0 Å². The van der Waals surface area contributed by atoms with Crippen LogP contribution < -0.4 is 9.47 Å². The number of hydrogen-bond donors (Lipinski definition) is 0. The summed E-state index contributed by atoms with van der Waals surface area (Å²) in [7, 11) is 1.54. The van der Waals surface area contributed by atoms with Gasteiger partial charge in [-0.05, 0) is 26.0 Å². The number of carbonyl (C=O) groups is 1. The molecule has 0 fully saturated rings. The largest absolute Gasteiger partial charge is 0.496 e. The third kappa shape index (κ3) is 2.98. The second-order valence-corrected chi connectivity index (χ2v) is 4.65. The number of carbonyl (C=O) groups excluding carboxylic acids is 1. The van der Waals surface area contributed by atoms with Crippen LogP contribution in [0.25, 0.3) is 0 Å². The summed E-state index contributed by atoms with van der Waals surface area (Å²) in [5.74, 6) is 1.25. The van der Waals surface area contributed by atoms with Crippen molar-refractivity contribution in [1.29, 1.82) is 0 Å². The van der Waals surface area contributed by atoms with Crippen LogP contribution >= 0.6 is 15.9 Å². The van der Waals surface area contributed by atoms with Gasteiger partial charge in [0.2, 0.25) is 0 Å². The summed E-state index contributed by atoms with van der Waals surface area (Å²) in [6.45, 7) is 4.29. The van der Waals surface area contributed by atoms with Crippen molar-refractivity contribution in [3.05, 3.63) is 23.8 Å². The Morgan fingerprint density at radius 3 is 2.69 bits per heavy atom. The van der Waals surface area contributed by atoms with Crippen molar-refractivity contribution in [2.75, 3.05) is 13.7 Å². The standard InChI is InChI=1S/C12H15BrO3/c1-4-16-9-5-6-10(11(7-9)15-3)12(14)8(2)13/h5-8H,4H2,1-3H3. The van der Waals surface area contributed by atoms with E-state index in [1.165, 1.54) is 0 Å². The van der Waals surface area contributed by atoms with Gasteiger partial charge >= 0.3 is 0 Å². The van der Waals surface area contributed by atoms with Crippen molar-refractivity contribution >= 4 is 21.7 Å². The average Bonchev–Trinajstić information content (AvgIpc) is 2.28. The maximum Gasteiger partial charge on any atom is 0.179 e. The van der Waals surface area contributed by atoms with Gasteiger partial charge in [0.05, 0.1) is 24.1 Å². The predicted octanol–water partition coefficient (Wildman–Crippen LogP) is 3.06. The SMILES string of the molecule is CCOc1ccc(C(=O)C(C)Br)c(OC)c1. The Hall–Kier alpha value is -1.03. The predicted molar refractivity (Wildman–Crippen MR) is 66.9 cm³/mol. The molecule has 0 aliphatic heterocycles. The highest BCUT2D eigenvalue weighted by molar-refractivity contribution is 9.10. The zero-order valence-corrected chi connectivity index (χ0v) is 11.2. The number of methoxy groups -OCH3 is 1. The van der Waals surface area contributed by atoms with Crippen LogP contribution in [0.2, 0.25) is 0 Å². The lowest BCUT2D eigenvalue weighted by atomic mass is 10.1. The summed E-state index contributed by atoms with van der Waals surface area (Å²) in [6.07, 6.45) is 0. The number of ketones is 1. The number of halogens is 1. The molecule has 4 heteroatoms. The van der Waals surface area contributed by atoms with E-state index in [-0.39, 0.29) is 10.6 Å². The number of benzene rings is 1. The van der Waals surface area contributed by atoms with Crippen molar-refractivity contribution in [3.8, 4) is 11.5 Å². The lowest BCUT2D eigenvalue weighted by Gasteiger charge is -2.11. The first-order valence-electron chi connectivity index (χ1n) is 5.09. The Bertz CT molecular complexity index is 375. The molecule has 0 amide bonds. The topological polar surface area (TPSA) is 35.5 Å². The molecule has 0 spiro atoms. The fraction of sp³-hybridized carbons (Fsp3) is 0.417. The minimum absolute atomic E-state index is 0.0000940. The molecule has 0 saturated carbocycles. The minimum Gasteiger partial charge on any atom is -0.496 e. The van der Waals surface area contributed by atoms with Gasteiger partial charge in [-0.2, -0.15) is 0 Å². The third-order valence-electron chi connectivity index (χ3n) is 2.11. The molecule has 3 nitrogen and oxygen atoms in total. The van der Waals surface area contributed by atoms with Crippen LogP contribution in [0.4, 0.5) is 0 Å². The van der Waals surface area contributed by atoms with Gasteiger partial charge in [0, 0.05) is 6.07 Å². The highest BCUT2D eigenvalue weighted by atomic mass is 79.9.